The minimum absolute atomic E-state index is 0.0162. The number of benzene rings is 1. The van der Waals surface area contributed by atoms with Crippen molar-refractivity contribution >= 4 is 11.7 Å². The van der Waals surface area contributed by atoms with Crippen molar-refractivity contribution in [2.75, 3.05) is 44.2 Å². The first-order valence-corrected chi connectivity index (χ1v) is 9.31. The molecule has 0 aliphatic carbocycles. The van der Waals surface area contributed by atoms with Crippen LogP contribution in [0.5, 0.6) is 11.5 Å². The van der Waals surface area contributed by atoms with E-state index in [0.29, 0.717) is 18.0 Å². The van der Waals surface area contributed by atoms with Crippen LogP contribution in [0.25, 0.3) is 0 Å². The number of amides is 1. The largest absolute Gasteiger partial charge is 0.486 e. The van der Waals surface area contributed by atoms with Crippen molar-refractivity contribution in [2.24, 2.45) is 5.73 Å². The fourth-order valence-corrected chi connectivity index (χ4v) is 3.65. The molecule has 1 amide bonds. The van der Waals surface area contributed by atoms with Gasteiger partial charge in [0.1, 0.15) is 18.5 Å². The normalized spacial score (nSPS) is 20.1. The molecule has 1 aromatic heterocycles. The van der Waals surface area contributed by atoms with Crippen LogP contribution in [0.4, 0.5) is 5.82 Å². The molecule has 2 aromatic rings. The lowest BCUT2D eigenvalue weighted by molar-refractivity contribution is 0.0606. The number of fused-ring (bicyclic) bond motifs is 1. The summed E-state index contributed by atoms with van der Waals surface area (Å²) in [5.74, 6) is 1.86. The van der Waals surface area contributed by atoms with Gasteiger partial charge in [0, 0.05) is 38.9 Å². The Kier molecular flexibility index (Phi) is 5.11. The Labute approximate surface area is 158 Å². The van der Waals surface area contributed by atoms with Gasteiger partial charge < -0.3 is 20.1 Å². The van der Waals surface area contributed by atoms with E-state index in [4.69, 9.17) is 15.2 Å². The van der Waals surface area contributed by atoms with E-state index in [2.05, 4.69) is 14.8 Å². The predicted molar refractivity (Wildman–Crippen MR) is 102 cm³/mol. The Balaban J connectivity index is 1.38. The van der Waals surface area contributed by atoms with Crippen LogP contribution < -0.4 is 20.1 Å². The molecule has 27 heavy (non-hydrogen) atoms. The summed E-state index contributed by atoms with van der Waals surface area (Å²) in [6, 6.07) is 11.3. The second kappa shape index (κ2) is 7.84. The van der Waals surface area contributed by atoms with Gasteiger partial charge in [0.25, 0.3) is 5.91 Å². The molecule has 1 aromatic carbocycles. The van der Waals surface area contributed by atoms with Gasteiger partial charge in [-0.15, -0.1) is 0 Å². The number of anilines is 1. The number of ether oxygens (including phenoxy) is 2. The van der Waals surface area contributed by atoms with Gasteiger partial charge in [0.2, 0.25) is 0 Å². The van der Waals surface area contributed by atoms with Gasteiger partial charge in [-0.05, 0) is 30.7 Å². The number of hydrogen-bond donors (Lipinski definition) is 1. The van der Waals surface area contributed by atoms with E-state index in [1.165, 1.54) is 0 Å². The van der Waals surface area contributed by atoms with Crippen LogP contribution in [0, 0.1) is 0 Å². The Morgan fingerprint density at radius 1 is 1.11 bits per heavy atom. The van der Waals surface area contributed by atoms with E-state index in [-0.39, 0.29) is 6.10 Å². The number of pyridine rings is 1. The highest BCUT2D eigenvalue weighted by Gasteiger charge is 2.25. The van der Waals surface area contributed by atoms with E-state index < -0.39 is 5.91 Å². The van der Waals surface area contributed by atoms with Crippen molar-refractivity contribution in [2.45, 2.75) is 12.5 Å². The van der Waals surface area contributed by atoms with Crippen molar-refractivity contribution in [3.63, 3.8) is 0 Å². The number of primary amides is 1. The van der Waals surface area contributed by atoms with Gasteiger partial charge in [-0.3, -0.25) is 9.69 Å². The lowest BCUT2D eigenvalue weighted by Crippen LogP contribution is -2.42. The lowest BCUT2D eigenvalue weighted by atomic mass is 10.2. The second-order valence-electron chi connectivity index (χ2n) is 6.88. The van der Waals surface area contributed by atoms with Crippen LogP contribution >= 0.6 is 0 Å². The number of para-hydroxylation sites is 2. The molecule has 0 spiro atoms. The maximum absolute atomic E-state index is 11.7. The minimum Gasteiger partial charge on any atom is -0.486 e. The van der Waals surface area contributed by atoms with E-state index in [1.807, 2.05) is 24.3 Å². The van der Waals surface area contributed by atoms with Gasteiger partial charge in [-0.2, -0.15) is 0 Å². The number of nitrogens with two attached hydrogens (primary N) is 1. The van der Waals surface area contributed by atoms with E-state index >= 15 is 0 Å². The molecule has 3 heterocycles. The van der Waals surface area contributed by atoms with Crippen LogP contribution in [0.2, 0.25) is 0 Å². The quantitative estimate of drug-likeness (QED) is 0.882. The molecule has 1 fully saturated rings. The fraction of sp³-hybridized carbons (Fsp3) is 0.400. The summed E-state index contributed by atoms with van der Waals surface area (Å²) in [5, 5.41) is 0. The number of nitrogens with zero attached hydrogens (tertiary/aromatic N) is 3. The summed E-state index contributed by atoms with van der Waals surface area (Å²) in [6.45, 7) is 4.85. The Hall–Kier alpha value is -2.80. The first-order valence-electron chi connectivity index (χ1n) is 9.31. The van der Waals surface area contributed by atoms with Gasteiger partial charge in [0.05, 0.1) is 5.56 Å². The number of aromatic nitrogens is 1. The van der Waals surface area contributed by atoms with Gasteiger partial charge in [-0.1, -0.05) is 12.1 Å². The zero-order valence-corrected chi connectivity index (χ0v) is 15.2. The van der Waals surface area contributed by atoms with Crippen LogP contribution in [-0.2, 0) is 0 Å². The summed E-state index contributed by atoms with van der Waals surface area (Å²) in [5.41, 5.74) is 5.98. The fourth-order valence-electron chi connectivity index (χ4n) is 3.65. The monoisotopic (exact) mass is 368 g/mol. The number of carbonyl (C=O) groups is 1. The minimum atomic E-state index is -0.439. The SMILES string of the molecule is NC(=O)c1cccnc1N1CCCN(CC2COc3ccccc3O2)CC1. The van der Waals surface area contributed by atoms with Crippen molar-refractivity contribution < 1.29 is 14.3 Å². The van der Waals surface area contributed by atoms with Crippen molar-refractivity contribution in [3.05, 3.63) is 48.2 Å². The summed E-state index contributed by atoms with van der Waals surface area (Å²) in [6.07, 6.45) is 2.70. The second-order valence-corrected chi connectivity index (χ2v) is 6.88. The maximum atomic E-state index is 11.7. The highest BCUT2D eigenvalue weighted by Crippen LogP contribution is 2.31. The molecule has 0 saturated carbocycles. The maximum Gasteiger partial charge on any atom is 0.252 e. The van der Waals surface area contributed by atoms with E-state index in [0.717, 1.165) is 50.6 Å². The van der Waals surface area contributed by atoms with Crippen LogP contribution in [0.1, 0.15) is 16.8 Å². The molecule has 2 aliphatic heterocycles. The smallest absolute Gasteiger partial charge is 0.252 e. The molecule has 2 aliphatic rings. The highest BCUT2D eigenvalue weighted by molar-refractivity contribution is 5.97. The predicted octanol–water partition coefficient (Wildman–Crippen LogP) is 1.53. The first-order chi connectivity index (χ1) is 13.2. The molecule has 1 saturated heterocycles. The molecule has 2 N–H and O–H groups in total. The molecule has 4 rings (SSSR count). The summed E-state index contributed by atoms with van der Waals surface area (Å²) in [7, 11) is 0. The summed E-state index contributed by atoms with van der Waals surface area (Å²) in [4.78, 5) is 20.6. The number of hydrogen-bond acceptors (Lipinski definition) is 6. The van der Waals surface area contributed by atoms with E-state index in [1.54, 1.807) is 18.3 Å². The molecule has 142 valence electrons. The van der Waals surface area contributed by atoms with Gasteiger partial charge >= 0.3 is 0 Å². The lowest BCUT2D eigenvalue weighted by Gasteiger charge is -2.30. The van der Waals surface area contributed by atoms with Crippen molar-refractivity contribution in [1.29, 1.82) is 0 Å². The molecular formula is C20H24N4O3. The third-order valence-corrected chi connectivity index (χ3v) is 4.97. The van der Waals surface area contributed by atoms with Crippen molar-refractivity contribution in [3.8, 4) is 11.5 Å². The molecule has 7 nitrogen and oxygen atoms in total. The third-order valence-electron chi connectivity index (χ3n) is 4.97. The third kappa shape index (κ3) is 3.98. The van der Waals surface area contributed by atoms with Crippen LogP contribution in [0.3, 0.4) is 0 Å². The first kappa shape index (κ1) is 17.6. The number of rotatable bonds is 4. The van der Waals surface area contributed by atoms with E-state index in [9.17, 15) is 4.79 Å². The average Bonchev–Trinajstić information content (AvgIpc) is 2.93. The average molecular weight is 368 g/mol. The standard InChI is InChI=1S/C20H24N4O3/c21-19(25)16-5-3-8-22-20(16)24-10-4-9-23(11-12-24)13-15-14-26-17-6-1-2-7-18(17)27-15/h1-3,5-8,15H,4,9-14H2,(H2,21,25). The van der Waals surface area contributed by atoms with Crippen LogP contribution in [0.15, 0.2) is 42.6 Å². The summed E-state index contributed by atoms with van der Waals surface area (Å²) < 4.78 is 11.9. The molecule has 1 atom stereocenters. The van der Waals surface area contributed by atoms with Crippen LogP contribution in [-0.4, -0.2) is 61.2 Å². The van der Waals surface area contributed by atoms with Gasteiger partial charge in [0.15, 0.2) is 11.5 Å². The number of carbonyl (C=O) groups excluding carboxylic acids is 1. The zero-order valence-electron chi connectivity index (χ0n) is 15.2. The topological polar surface area (TPSA) is 80.9 Å². The van der Waals surface area contributed by atoms with Gasteiger partial charge in [-0.25, -0.2) is 4.98 Å². The zero-order chi connectivity index (χ0) is 18.6. The molecule has 7 heteroatoms. The summed E-state index contributed by atoms with van der Waals surface area (Å²) >= 11 is 0. The highest BCUT2D eigenvalue weighted by atomic mass is 16.6. The molecule has 1 unspecified atom stereocenters. The molecule has 0 bridgehead atoms. The Bertz CT molecular complexity index is 813. The molecule has 0 radical (unpaired) electrons. The Morgan fingerprint density at radius 2 is 1.96 bits per heavy atom. The van der Waals surface area contributed by atoms with Crippen molar-refractivity contribution in [1.82, 2.24) is 9.88 Å². The molecular weight excluding hydrogens is 344 g/mol. The Morgan fingerprint density at radius 3 is 2.81 bits per heavy atom.